The summed E-state index contributed by atoms with van der Waals surface area (Å²) in [6, 6.07) is 1.28. The number of aromatic nitrogens is 1. The van der Waals surface area contributed by atoms with Crippen molar-refractivity contribution in [2.24, 2.45) is 0 Å². The molecule has 0 aliphatic carbocycles. The van der Waals surface area contributed by atoms with Crippen molar-refractivity contribution in [3.05, 3.63) is 26.6 Å². The number of ether oxygens (including phenoxy) is 1. The number of nitrogens with zero attached hydrogens (tertiary/aromatic N) is 1. The first kappa shape index (κ1) is 14.7. The molecular weight excluding hydrogens is 411 g/mol. The predicted molar refractivity (Wildman–Crippen MR) is 70.5 cm³/mol. The highest BCUT2D eigenvalue weighted by Crippen LogP contribution is 2.26. The molecule has 1 heterocycles. The third kappa shape index (κ3) is 3.57. The fraction of sp³-hybridized carbons (Fsp3) is 0.400. The number of carbonyl (C=O) groups is 1. The van der Waals surface area contributed by atoms with Crippen LogP contribution in [0, 0.1) is 3.70 Å². The summed E-state index contributed by atoms with van der Waals surface area (Å²) in [5, 5.41) is 0.269. The van der Waals surface area contributed by atoms with E-state index in [9.17, 15) is 13.6 Å². The molecule has 0 unspecified atom stereocenters. The summed E-state index contributed by atoms with van der Waals surface area (Å²) in [4.78, 5) is 15.4. The number of hydrogen-bond acceptors (Lipinski definition) is 3. The Balaban J connectivity index is 3.23. The Hall–Kier alpha value is -0.310. The van der Waals surface area contributed by atoms with Crippen LogP contribution in [0.1, 0.15) is 35.0 Å². The van der Waals surface area contributed by atoms with Gasteiger partial charge in [-0.15, -0.1) is 0 Å². The van der Waals surface area contributed by atoms with Gasteiger partial charge in [-0.05, 0) is 41.1 Å². The number of rotatable bonds is 4. The van der Waals surface area contributed by atoms with Crippen molar-refractivity contribution >= 4 is 44.5 Å². The van der Waals surface area contributed by atoms with Crippen LogP contribution in [-0.2, 0) is 10.1 Å². The molecule has 7 heteroatoms. The highest BCUT2D eigenvalue weighted by atomic mass is 127. The molecule has 0 aliphatic rings. The van der Waals surface area contributed by atoms with E-state index in [-0.39, 0.29) is 26.9 Å². The van der Waals surface area contributed by atoms with Gasteiger partial charge >= 0.3 is 5.97 Å². The van der Waals surface area contributed by atoms with E-state index < -0.39 is 12.4 Å². The average molecular weight is 420 g/mol. The number of pyridine rings is 1. The molecule has 0 aliphatic heterocycles. The van der Waals surface area contributed by atoms with Crippen LogP contribution in [0.5, 0.6) is 0 Å². The van der Waals surface area contributed by atoms with Crippen LogP contribution in [0.2, 0.25) is 0 Å². The molecule has 0 saturated heterocycles. The molecule has 3 nitrogen and oxygen atoms in total. The van der Waals surface area contributed by atoms with Gasteiger partial charge in [-0.1, -0.05) is 15.9 Å². The van der Waals surface area contributed by atoms with Gasteiger partial charge in [0.1, 0.15) is 3.70 Å². The smallest absolute Gasteiger partial charge is 0.357 e. The maximum Gasteiger partial charge on any atom is 0.357 e. The van der Waals surface area contributed by atoms with E-state index in [1.807, 2.05) is 0 Å². The normalized spacial score (nSPS) is 10.7. The standard InChI is InChI=1S/C10H9BrF2INO2/c1-2-17-10(16)7-5(4-11)3-6(8(12)13)9(14)15-7/h3,8H,2,4H2,1H3. The summed E-state index contributed by atoms with van der Waals surface area (Å²) in [7, 11) is 0. The Labute approximate surface area is 119 Å². The zero-order valence-electron chi connectivity index (χ0n) is 8.84. The van der Waals surface area contributed by atoms with Crippen LogP contribution in [0.4, 0.5) is 8.78 Å². The molecule has 0 saturated carbocycles. The molecule has 17 heavy (non-hydrogen) atoms. The van der Waals surface area contributed by atoms with Gasteiger partial charge in [0, 0.05) is 5.33 Å². The van der Waals surface area contributed by atoms with E-state index in [1.54, 1.807) is 29.5 Å². The lowest BCUT2D eigenvalue weighted by Gasteiger charge is -2.10. The highest BCUT2D eigenvalue weighted by Gasteiger charge is 2.20. The second-order valence-corrected chi connectivity index (χ2v) is 4.61. The molecule has 0 fully saturated rings. The van der Waals surface area contributed by atoms with Crippen molar-refractivity contribution in [2.75, 3.05) is 6.61 Å². The SMILES string of the molecule is CCOC(=O)c1nc(I)c(C(F)F)cc1CBr. The zero-order valence-corrected chi connectivity index (χ0v) is 12.6. The predicted octanol–water partition coefficient (Wildman–Crippen LogP) is 3.70. The Bertz CT molecular complexity index is 429. The van der Waals surface area contributed by atoms with Gasteiger partial charge in [0.05, 0.1) is 12.2 Å². The first-order valence-corrected chi connectivity index (χ1v) is 6.91. The number of alkyl halides is 3. The summed E-state index contributed by atoms with van der Waals surface area (Å²) in [6.07, 6.45) is -2.61. The molecule has 0 radical (unpaired) electrons. The van der Waals surface area contributed by atoms with Crippen molar-refractivity contribution < 1.29 is 18.3 Å². The Morgan fingerprint density at radius 1 is 1.65 bits per heavy atom. The quantitative estimate of drug-likeness (QED) is 0.323. The molecule has 0 bridgehead atoms. The third-order valence-electron chi connectivity index (χ3n) is 1.93. The van der Waals surface area contributed by atoms with E-state index in [0.717, 1.165) is 0 Å². The topological polar surface area (TPSA) is 39.2 Å². The molecule has 1 aromatic rings. The molecule has 0 atom stereocenters. The van der Waals surface area contributed by atoms with Crippen molar-refractivity contribution in [1.29, 1.82) is 0 Å². The Kier molecular flexibility index (Phi) is 5.71. The summed E-state index contributed by atoms with van der Waals surface area (Å²) < 4.78 is 30.2. The fourth-order valence-electron chi connectivity index (χ4n) is 1.18. The van der Waals surface area contributed by atoms with Crippen molar-refractivity contribution in [1.82, 2.24) is 4.98 Å². The van der Waals surface area contributed by atoms with Crippen LogP contribution >= 0.6 is 38.5 Å². The summed E-state index contributed by atoms with van der Waals surface area (Å²) in [5.74, 6) is -0.597. The van der Waals surface area contributed by atoms with Crippen molar-refractivity contribution in [3.63, 3.8) is 0 Å². The lowest BCUT2D eigenvalue weighted by Crippen LogP contribution is -2.12. The minimum absolute atomic E-state index is 0.0810. The van der Waals surface area contributed by atoms with Gasteiger partial charge in [-0.2, -0.15) is 0 Å². The lowest BCUT2D eigenvalue weighted by atomic mass is 10.1. The van der Waals surface area contributed by atoms with Crippen LogP contribution in [0.3, 0.4) is 0 Å². The minimum Gasteiger partial charge on any atom is -0.461 e. The summed E-state index contributed by atoms with van der Waals surface area (Å²) >= 11 is 4.82. The second kappa shape index (κ2) is 6.58. The number of esters is 1. The first-order chi connectivity index (χ1) is 8.01. The molecule has 1 rings (SSSR count). The van der Waals surface area contributed by atoms with Gasteiger partial charge < -0.3 is 4.74 Å². The number of carbonyl (C=O) groups excluding carboxylic acids is 1. The Morgan fingerprint density at radius 2 is 2.29 bits per heavy atom. The lowest BCUT2D eigenvalue weighted by molar-refractivity contribution is 0.0517. The summed E-state index contributed by atoms with van der Waals surface area (Å²) in [5.41, 5.74) is 0.310. The van der Waals surface area contributed by atoms with Crippen LogP contribution in [-0.4, -0.2) is 17.6 Å². The molecule has 94 valence electrons. The largest absolute Gasteiger partial charge is 0.461 e. The van der Waals surface area contributed by atoms with E-state index >= 15 is 0 Å². The molecule has 1 aromatic heterocycles. The number of halogens is 4. The monoisotopic (exact) mass is 419 g/mol. The van der Waals surface area contributed by atoms with Gasteiger partial charge in [-0.25, -0.2) is 18.6 Å². The van der Waals surface area contributed by atoms with E-state index in [1.165, 1.54) is 6.07 Å². The molecular formula is C10H9BrF2INO2. The van der Waals surface area contributed by atoms with Gasteiger partial charge in [0.25, 0.3) is 6.43 Å². The highest BCUT2D eigenvalue weighted by molar-refractivity contribution is 14.1. The number of hydrogen-bond donors (Lipinski definition) is 0. The van der Waals surface area contributed by atoms with Gasteiger partial charge in [-0.3, -0.25) is 0 Å². The van der Waals surface area contributed by atoms with Crippen LogP contribution in [0.15, 0.2) is 6.07 Å². The third-order valence-corrected chi connectivity index (χ3v) is 3.40. The minimum atomic E-state index is -2.61. The van der Waals surface area contributed by atoms with E-state index in [4.69, 9.17) is 4.74 Å². The molecule has 0 amide bonds. The molecule has 0 spiro atoms. The molecule has 0 aromatic carbocycles. The van der Waals surface area contributed by atoms with Gasteiger partial charge in [0.2, 0.25) is 0 Å². The fourth-order valence-corrected chi connectivity index (χ4v) is 2.24. The maximum absolute atomic E-state index is 12.6. The zero-order chi connectivity index (χ0) is 13.0. The summed E-state index contributed by atoms with van der Waals surface area (Å²) in [6.45, 7) is 1.89. The molecule has 0 N–H and O–H groups in total. The average Bonchev–Trinajstić information content (AvgIpc) is 2.28. The van der Waals surface area contributed by atoms with Crippen LogP contribution < -0.4 is 0 Å². The van der Waals surface area contributed by atoms with Crippen molar-refractivity contribution in [2.45, 2.75) is 18.7 Å². The van der Waals surface area contributed by atoms with Crippen LogP contribution in [0.25, 0.3) is 0 Å². The first-order valence-electron chi connectivity index (χ1n) is 4.71. The Morgan fingerprint density at radius 3 is 2.76 bits per heavy atom. The maximum atomic E-state index is 12.6. The second-order valence-electron chi connectivity index (χ2n) is 3.03. The van der Waals surface area contributed by atoms with Gasteiger partial charge in [0.15, 0.2) is 5.69 Å². The van der Waals surface area contributed by atoms with Crippen molar-refractivity contribution in [3.8, 4) is 0 Å². The van der Waals surface area contributed by atoms with E-state index in [2.05, 4.69) is 20.9 Å². The van der Waals surface area contributed by atoms with E-state index in [0.29, 0.717) is 5.56 Å².